The van der Waals surface area contributed by atoms with Crippen LogP contribution in [0.1, 0.15) is 65.2 Å². The van der Waals surface area contributed by atoms with Crippen LogP contribution in [0.25, 0.3) is 0 Å². The Morgan fingerprint density at radius 3 is 2.64 bits per heavy atom. The van der Waals surface area contributed by atoms with Gasteiger partial charge in [0.1, 0.15) is 0 Å². The van der Waals surface area contributed by atoms with Crippen molar-refractivity contribution >= 4 is 0 Å². The summed E-state index contributed by atoms with van der Waals surface area (Å²) < 4.78 is 5.79. The first-order valence-corrected chi connectivity index (χ1v) is 9.71. The molecule has 4 fully saturated rings. The van der Waals surface area contributed by atoms with Gasteiger partial charge in [-0.1, -0.05) is 13.8 Å². The van der Waals surface area contributed by atoms with Gasteiger partial charge in [0, 0.05) is 13.2 Å². The fourth-order valence-corrected chi connectivity index (χ4v) is 7.55. The lowest BCUT2D eigenvalue weighted by atomic mass is 9.47. The van der Waals surface area contributed by atoms with Gasteiger partial charge in [-0.25, -0.2) is 0 Å². The fourth-order valence-electron chi connectivity index (χ4n) is 7.55. The predicted molar refractivity (Wildman–Crippen MR) is 90.8 cm³/mol. The van der Waals surface area contributed by atoms with E-state index in [9.17, 15) is 0 Å². The van der Waals surface area contributed by atoms with Gasteiger partial charge in [0.25, 0.3) is 0 Å². The van der Waals surface area contributed by atoms with Crippen molar-refractivity contribution in [2.75, 3.05) is 20.7 Å². The smallest absolute Gasteiger partial charge is 0.0579 e. The van der Waals surface area contributed by atoms with Crippen LogP contribution in [-0.2, 0) is 4.74 Å². The van der Waals surface area contributed by atoms with Gasteiger partial charge in [-0.3, -0.25) is 0 Å². The number of hydrogen-bond acceptors (Lipinski definition) is 2. The Hall–Kier alpha value is -0.0800. The Bertz CT molecular complexity index is 437. The molecule has 4 aliphatic rings. The molecule has 1 saturated heterocycles. The van der Waals surface area contributed by atoms with Crippen molar-refractivity contribution in [2.24, 2.45) is 28.6 Å². The molecule has 2 nitrogen and oxygen atoms in total. The Kier molecular flexibility index (Phi) is 3.66. The summed E-state index contributed by atoms with van der Waals surface area (Å²) in [6.07, 6.45) is 11.9. The Balaban J connectivity index is 1.62. The number of rotatable bonds is 1. The topological polar surface area (TPSA) is 12.5 Å². The maximum atomic E-state index is 5.79. The lowest BCUT2D eigenvalue weighted by Gasteiger charge is -2.61. The number of fused-ring (bicyclic) bond motifs is 5. The fraction of sp³-hybridized carbons (Fsp3) is 1.00. The van der Waals surface area contributed by atoms with Crippen LogP contribution in [0.5, 0.6) is 0 Å². The van der Waals surface area contributed by atoms with Crippen LogP contribution >= 0.6 is 0 Å². The molecule has 0 aromatic heterocycles. The lowest BCUT2D eigenvalue weighted by Crippen LogP contribution is -2.59. The van der Waals surface area contributed by atoms with E-state index in [0.29, 0.717) is 16.9 Å². The average molecular weight is 306 g/mol. The molecule has 7 atom stereocenters. The summed E-state index contributed by atoms with van der Waals surface area (Å²) in [5.41, 5.74) is 1.16. The van der Waals surface area contributed by atoms with Crippen molar-refractivity contribution in [2.45, 2.75) is 77.4 Å². The largest absolute Gasteiger partial charge is 0.381 e. The highest BCUT2D eigenvalue weighted by molar-refractivity contribution is 5.10. The highest BCUT2D eigenvalue weighted by Gasteiger charge is 2.59. The minimum Gasteiger partial charge on any atom is -0.381 e. The number of nitrogens with zero attached hydrogens (tertiary/aromatic N) is 1. The summed E-state index contributed by atoms with van der Waals surface area (Å²) >= 11 is 0. The van der Waals surface area contributed by atoms with Gasteiger partial charge >= 0.3 is 0 Å². The van der Waals surface area contributed by atoms with E-state index in [4.69, 9.17) is 4.74 Å². The molecule has 3 saturated carbocycles. The number of ether oxygens (including phenoxy) is 1. The maximum Gasteiger partial charge on any atom is 0.0579 e. The van der Waals surface area contributed by atoms with E-state index in [-0.39, 0.29) is 0 Å². The average Bonchev–Trinajstić information content (AvgIpc) is 2.84. The van der Waals surface area contributed by atoms with E-state index in [0.717, 1.165) is 23.8 Å². The molecule has 2 heteroatoms. The molecule has 3 aliphatic carbocycles. The molecular formula is C20H35NO. The van der Waals surface area contributed by atoms with E-state index in [2.05, 4.69) is 25.8 Å². The van der Waals surface area contributed by atoms with Gasteiger partial charge in [0.05, 0.1) is 6.10 Å². The number of piperidine rings is 1. The molecule has 0 aromatic carbocycles. The molecule has 22 heavy (non-hydrogen) atoms. The molecule has 0 N–H and O–H groups in total. The van der Waals surface area contributed by atoms with Crippen LogP contribution < -0.4 is 0 Å². The zero-order valence-electron chi connectivity index (χ0n) is 15.1. The summed E-state index contributed by atoms with van der Waals surface area (Å²) in [6.45, 7) is 6.55. The molecule has 0 aromatic rings. The third-order valence-corrected chi connectivity index (χ3v) is 8.64. The van der Waals surface area contributed by atoms with Crippen molar-refractivity contribution in [1.29, 1.82) is 0 Å². The van der Waals surface area contributed by atoms with E-state index in [1.54, 1.807) is 0 Å². The SMILES string of the molecule is COC1CC2C3CCC4N(C)CCC[C@]4(C)C3CC[C@]2(C)C1. The first-order valence-electron chi connectivity index (χ1n) is 9.71. The van der Waals surface area contributed by atoms with Crippen LogP contribution in [0.3, 0.4) is 0 Å². The van der Waals surface area contributed by atoms with Gasteiger partial charge in [-0.05, 0) is 93.5 Å². The van der Waals surface area contributed by atoms with E-state index in [1.807, 2.05) is 7.11 Å². The van der Waals surface area contributed by atoms with Gasteiger partial charge in [-0.15, -0.1) is 0 Å². The molecule has 1 aliphatic heterocycles. The first kappa shape index (κ1) is 15.4. The van der Waals surface area contributed by atoms with E-state index >= 15 is 0 Å². The van der Waals surface area contributed by atoms with E-state index < -0.39 is 0 Å². The Morgan fingerprint density at radius 2 is 1.86 bits per heavy atom. The molecule has 5 unspecified atom stereocenters. The second-order valence-corrected chi connectivity index (χ2v) is 9.55. The lowest BCUT2D eigenvalue weighted by molar-refractivity contribution is -0.116. The minimum absolute atomic E-state index is 0.535. The summed E-state index contributed by atoms with van der Waals surface area (Å²) in [6, 6.07) is 0.853. The second kappa shape index (κ2) is 5.21. The first-order chi connectivity index (χ1) is 10.5. The van der Waals surface area contributed by atoms with Crippen molar-refractivity contribution in [3.8, 4) is 0 Å². The standard InChI is InChI=1S/C20H35NO/c1-19-10-8-16-15(17(19)12-14(13-19)22-4)6-7-18-20(16,2)9-5-11-21(18)3/h14-18H,5-13H2,1-4H3/t14?,15?,16?,17?,18?,19-,20-/m1/s1. The summed E-state index contributed by atoms with van der Waals surface area (Å²) in [4.78, 5) is 2.69. The summed E-state index contributed by atoms with van der Waals surface area (Å²) in [5.74, 6) is 2.88. The highest BCUT2D eigenvalue weighted by Crippen LogP contribution is 2.64. The zero-order chi connectivity index (χ0) is 15.5. The van der Waals surface area contributed by atoms with Crippen LogP contribution in [0.2, 0.25) is 0 Å². The van der Waals surface area contributed by atoms with Gasteiger partial charge < -0.3 is 9.64 Å². The highest BCUT2D eigenvalue weighted by atomic mass is 16.5. The number of likely N-dealkylation sites (tertiary alicyclic amines) is 1. The van der Waals surface area contributed by atoms with Gasteiger partial charge in [0.15, 0.2) is 0 Å². The monoisotopic (exact) mass is 305 g/mol. The molecule has 1 heterocycles. The number of methoxy groups -OCH3 is 1. The quantitative estimate of drug-likeness (QED) is 0.714. The third kappa shape index (κ3) is 2.05. The third-order valence-electron chi connectivity index (χ3n) is 8.64. The molecule has 4 rings (SSSR count). The summed E-state index contributed by atoms with van der Waals surface area (Å²) in [5, 5.41) is 0. The van der Waals surface area contributed by atoms with Crippen molar-refractivity contribution in [3.63, 3.8) is 0 Å². The second-order valence-electron chi connectivity index (χ2n) is 9.55. The van der Waals surface area contributed by atoms with Gasteiger partial charge in [-0.2, -0.15) is 0 Å². The molecule has 0 bridgehead atoms. The van der Waals surface area contributed by atoms with Crippen molar-refractivity contribution in [3.05, 3.63) is 0 Å². The molecule has 0 amide bonds. The Labute approximate surface area is 137 Å². The molecular weight excluding hydrogens is 270 g/mol. The van der Waals surface area contributed by atoms with Crippen LogP contribution in [0.15, 0.2) is 0 Å². The summed E-state index contributed by atoms with van der Waals surface area (Å²) in [7, 11) is 4.31. The number of hydrogen-bond donors (Lipinski definition) is 0. The van der Waals surface area contributed by atoms with Crippen LogP contribution in [0.4, 0.5) is 0 Å². The molecule has 0 spiro atoms. The van der Waals surface area contributed by atoms with Crippen LogP contribution in [0, 0.1) is 28.6 Å². The maximum absolute atomic E-state index is 5.79. The Morgan fingerprint density at radius 1 is 1.05 bits per heavy atom. The molecule has 0 radical (unpaired) electrons. The van der Waals surface area contributed by atoms with Gasteiger partial charge in [0.2, 0.25) is 0 Å². The van der Waals surface area contributed by atoms with Crippen molar-refractivity contribution < 1.29 is 4.74 Å². The van der Waals surface area contributed by atoms with E-state index in [1.165, 1.54) is 57.9 Å². The van der Waals surface area contributed by atoms with Crippen molar-refractivity contribution in [1.82, 2.24) is 4.90 Å². The normalized spacial score (nSPS) is 55.4. The van der Waals surface area contributed by atoms with Crippen LogP contribution in [-0.4, -0.2) is 37.7 Å². The zero-order valence-corrected chi connectivity index (χ0v) is 15.1. The minimum atomic E-state index is 0.535. The predicted octanol–water partition coefficient (Wildman–Crippen LogP) is 4.34. The molecule has 126 valence electrons.